The minimum Gasteiger partial charge on any atom is -0.456 e. The lowest BCUT2D eigenvalue weighted by molar-refractivity contribution is 0.669. The average Bonchev–Trinajstić information content (AvgIpc) is 3.59. The van der Waals surface area contributed by atoms with Crippen LogP contribution in [0.2, 0.25) is 0 Å². The van der Waals surface area contributed by atoms with E-state index in [0.717, 1.165) is 56.1 Å². The molecule has 0 radical (unpaired) electrons. The van der Waals surface area contributed by atoms with Crippen molar-refractivity contribution in [3.05, 3.63) is 206 Å². The van der Waals surface area contributed by atoms with Gasteiger partial charge in [-0.05, 0) is 118 Å². The van der Waals surface area contributed by atoms with Gasteiger partial charge in [0.15, 0.2) is 0 Å². The van der Waals surface area contributed by atoms with E-state index in [0.29, 0.717) is 0 Å². The summed E-state index contributed by atoms with van der Waals surface area (Å²) in [5.74, 6) is 0. The Hall–Kier alpha value is -7.10. The third-order valence-electron chi connectivity index (χ3n) is 10.2. The molecule has 1 aromatic heterocycles. The molecule has 3 nitrogen and oxygen atoms in total. The first-order valence-electron chi connectivity index (χ1n) is 18.0. The van der Waals surface area contributed by atoms with Crippen molar-refractivity contribution in [1.29, 1.82) is 0 Å². The summed E-state index contributed by atoms with van der Waals surface area (Å²) >= 11 is 0. The molecule has 0 N–H and O–H groups in total. The largest absolute Gasteiger partial charge is 0.456 e. The number of para-hydroxylation sites is 3. The summed E-state index contributed by atoms with van der Waals surface area (Å²) in [6, 6.07) is 73.4. The number of benzene rings is 9. The highest BCUT2D eigenvalue weighted by atomic mass is 16.3. The topological polar surface area (TPSA) is 19.6 Å². The molecule has 0 aliphatic carbocycles. The number of furan rings is 1. The lowest BCUT2D eigenvalue weighted by atomic mass is 9.99. The van der Waals surface area contributed by atoms with Gasteiger partial charge in [0, 0.05) is 44.9 Å². The van der Waals surface area contributed by atoms with Gasteiger partial charge in [-0.3, -0.25) is 0 Å². The number of hydrogen-bond donors (Lipinski definition) is 0. The van der Waals surface area contributed by atoms with E-state index in [2.05, 4.69) is 204 Å². The fourth-order valence-electron chi connectivity index (χ4n) is 7.66. The Bertz CT molecular complexity index is 2880. The number of hydrogen-bond acceptors (Lipinski definition) is 3. The van der Waals surface area contributed by atoms with E-state index in [1.165, 1.54) is 32.7 Å². The molecule has 0 amide bonds. The van der Waals surface area contributed by atoms with Gasteiger partial charge in [0.2, 0.25) is 0 Å². The SMILES string of the molecule is c1ccc(-c2ccc(N(c3ccccc3)c3cccc(N(c4ccccc4)c4ccc5c(ccc6cc7oc8ccccc8c7cc65)c4)c3)cc2)cc1. The van der Waals surface area contributed by atoms with Gasteiger partial charge in [-0.2, -0.15) is 0 Å². The van der Waals surface area contributed by atoms with Crippen LogP contribution in [0.25, 0.3) is 54.6 Å². The first-order valence-corrected chi connectivity index (χ1v) is 18.0. The third-order valence-corrected chi connectivity index (χ3v) is 10.2. The molecule has 10 aromatic rings. The minimum absolute atomic E-state index is 0.917. The summed E-state index contributed by atoms with van der Waals surface area (Å²) < 4.78 is 6.22. The Morgan fingerprint density at radius 2 is 0.774 bits per heavy atom. The molecule has 3 heteroatoms. The predicted octanol–water partition coefficient (Wildman–Crippen LogP) is 14.5. The van der Waals surface area contributed by atoms with Crippen LogP contribution in [0.1, 0.15) is 0 Å². The van der Waals surface area contributed by atoms with E-state index in [1.54, 1.807) is 0 Å². The molecule has 250 valence electrons. The second-order valence-corrected chi connectivity index (χ2v) is 13.4. The molecule has 0 spiro atoms. The van der Waals surface area contributed by atoms with Crippen molar-refractivity contribution in [1.82, 2.24) is 0 Å². The van der Waals surface area contributed by atoms with Crippen LogP contribution in [0, 0.1) is 0 Å². The van der Waals surface area contributed by atoms with Gasteiger partial charge in [0.05, 0.1) is 0 Å². The number of nitrogens with zero attached hydrogens (tertiary/aromatic N) is 2. The molecule has 0 aliphatic rings. The van der Waals surface area contributed by atoms with Gasteiger partial charge in [0.1, 0.15) is 11.2 Å². The second-order valence-electron chi connectivity index (χ2n) is 13.4. The molecule has 0 bridgehead atoms. The molecular weight excluding hydrogens is 645 g/mol. The third kappa shape index (κ3) is 5.56. The highest BCUT2D eigenvalue weighted by Crippen LogP contribution is 2.42. The van der Waals surface area contributed by atoms with E-state index in [9.17, 15) is 0 Å². The van der Waals surface area contributed by atoms with E-state index in [4.69, 9.17) is 4.42 Å². The summed E-state index contributed by atoms with van der Waals surface area (Å²) in [7, 11) is 0. The maximum absolute atomic E-state index is 6.22. The Balaban J connectivity index is 1.09. The van der Waals surface area contributed by atoms with Crippen molar-refractivity contribution in [2.75, 3.05) is 9.80 Å². The predicted molar refractivity (Wildman–Crippen MR) is 224 cm³/mol. The summed E-state index contributed by atoms with van der Waals surface area (Å²) in [5.41, 5.74) is 10.8. The van der Waals surface area contributed by atoms with E-state index in [-0.39, 0.29) is 0 Å². The summed E-state index contributed by atoms with van der Waals surface area (Å²) in [6.45, 7) is 0. The summed E-state index contributed by atoms with van der Waals surface area (Å²) in [6.07, 6.45) is 0. The van der Waals surface area contributed by atoms with Crippen LogP contribution in [0.4, 0.5) is 34.1 Å². The standard InChI is InChI=1S/C50H34N2O/c1-4-13-35(14-5-1)36-25-27-41(28-26-36)51(39-15-6-2-7-16-39)42-19-12-20-43(33-42)52(40-17-8-3-9-18-40)44-29-30-45-37(31-44)23-24-38-32-50-48(34-47(38)45)46-21-10-11-22-49(46)53-50/h1-34H. The van der Waals surface area contributed by atoms with Crippen LogP contribution in [-0.2, 0) is 0 Å². The highest BCUT2D eigenvalue weighted by molar-refractivity contribution is 6.16. The molecule has 0 unspecified atom stereocenters. The second kappa shape index (κ2) is 12.9. The maximum Gasteiger partial charge on any atom is 0.136 e. The Morgan fingerprint density at radius 3 is 1.47 bits per heavy atom. The molecule has 0 saturated heterocycles. The molecular formula is C50H34N2O. The van der Waals surface area contributed by atoms with E-state index >= 15 is 0 Å². The molecule has 53 heavy (non-hydrogen) atoms. The number of fused-ring (bicyclic) bond motifs is 6. The van der Waals surface area contributed by atoms with Gasteiger partial charge in [-0.15, -0.1) is 0 Å². The maximum atomic E-state index is 6.22. The van der Waals surface area contributed by atoms with Gasteiger partial charge in [0.25, 0.3) is 0 Å². The summed E-state index contributed by atoms with van der Waals surface area (Å²) in [5, 5.41) is 7.08. The fourth-order valence-corrected chi connectivity index (χ4v) is 7.66. The normalized spacial score (nSPS) is 11.4. The molecule has 0 aliphatic heterocycles. The zero-order valence-corrected chi connectivity index (χ0v) is 28.9. The van der Waals surface area contributed by atoms with Gasteiger partial charge >= 0.3 is 0 Å². The van der Waals surface area contributed by atoms with Crippen LogP contribution < -0.4 is 9.80 Å². The van der Waals surface area contributed by atoms with Crippen molar-refractivity contribution in [2.45, 2.75) is 0 Å². The monoisotopic (exact) mass is 678 g/mol. The van der Waals surface area contributed by atoms with Gasteiger partial charge in [-0.1, -0.05) is 121 Å². The van der Waals surface area contributed by atoms with Crippen molar-refractivity contribution < 1.29 is 4.42 Å². The fraction of sp³-hybridized carbons (Fsp3) is 0. The van der Waals surface area contributed by atoms with Crippen LogP contribution in [0.15, 0.2) is 211 Å². The average molecular weight is 679 g/mol. The van der Waals surface area contributed by atoms with Gasteiger partial charge in [-0.25, -0.2) is 0 Å². The first-order chi connectivity index (χ1) is 26.3. The van der Waals surface area contributed by atoms with Gasteiger partial charge < -0.3 is 14.2 Å². The quantitative estimate of drug-likeness (QED) is 0.156. The van der Waals surface area contributed by atoms with Crippen molar-refractivity contribution in [3.63, 3.8) is 0 Å². The van der Waals surface area contributed by atoms with Crippen LogP contribution in [0.3, 0.4) is 0 Å². The molecule has 10 rings (SSSR count). The molecule has 0 fully saturated rings. The molecule has 0 atom stereocenters. The zero-order chi connectivity index (χ0) is 35.1. The summed E-state index contributed by atoms with van der Waals surface area (Å²) in [4.78, 5) is 4.68. The number of rotatable bonds is 7. The van der Waals surface area contributed by atoms with Crippen molar-refractivity contribution in [3.8, 4) is 11.1 Å². The van der Waals surface area contributed by atoms with E-state index in [1.807, 2.05) is 12.1 Å². The Morgan fingerprint density at radius 1 is 0.264 bits per heavy atom. The van der Waals surface area contributed by atoms with E-state index < -0.39 is 0 Å². The smallest absolute Gasteiger partial charge is 0.136 e. The molecule has 0 saturated carbocycles. The highest BCUT2D eigenvalue weighted by Gasteiger charge is 2.18. The molecule has 9 aromatic carbocycles. The lowest BCUT2D eigenvalue weighted by Crippen LogP contribution is -2.13. The molecule has 1 heterocycles. The first kappa shape index (κ1) is 30.7. The van der Waals surface area contributed by atoms with Crippen LogP contribution >= 0.6 is 0 Å². The van der Waals surface area contributed by atoms with Crippen molar-refractivity contribution in [2.24, 2.45) is 0 Å². The Kier molecular flexibility index (Phi) is 7.47. The lowest BCUT2D eigenvalue weighted by Gasteiger charge is -2.29. The zero-order valence-electron chi connectivity index (χ0n) is 28.9. The minimum atomic E-state index is 0.917. The van der Waals surface area contributed by atoms with Crippen LogP contribution in [0.5, 0.6) is 0 Å². The Labute approximate surface area is 308 Å². The van der Waals surface area contributed by atoms with Crippen molar-refractivity contribution >= 4 is 77.6 Å². The van der Waals surface area contributed by atoms with Crippen LogP contribution in [-0.4, -0.2) is 0 Å². The number of anilines is 6.